The molecule has 0 aromatic carbocycles. The summed E-state index contributed by atoms with van der Waals surface area (Å²) >= 11 is 0. The van der Waals surface area contributed by atoms with Crippen LogP contribution in [0.2, 0.25) is 0 Å². The van der Waals surface area contributed by atoms with Crippen LogP contribution in [0.15, 0.2) is 9.21 Å². The molecule has 112 valence electrons. The molecule has 1 aliphatic rings. The largest absolute Gasteiger partial charge is 0.437 e. The van der Waals surface area contributed by atoms with Crippen LogP contribution in [0.25, 0.3) is 0 Å². The Bertz CT molecular complexity index is 551. The molecule has 1 aromatic rings. The standard InChI is InChI=1S/C14H23N3O3/c1-9(2)16-8-6-7-10(11(16)18)17-13(19)20-12(15-17)14(3,4)5/h9-10H,6-8H2,1-5H3/t10-/m1/s1. The SMILES string of the molecule is CC(C)N1CCC[C@@H](n2nc(C(C)(C)C)oc2=O)C1=O. The summed E-state index contributed by atoms with van der Waals surface area (Å²) in [5, 5.41) is 4.24. The number of piperidine rings is 1. The van der Waals surface area contributed by atoms with Crippen LogP contribution >= 0.6 is 0 Å². The first-order valence-electron chi connectivity index (χ1n) is 7.12. The van der Waals surface area contributed by atoms with Gasteiger partial charge in [-0.05, 0) is 26.7 Å². The van der Waals surface area contributed by atoms with Crippen molar-refractivity contribution in [2.45, 2.75) is 65.0 Å². The van der Waals surface area contributed by atoms with Gasteiger partial charge in [-0.2, -0.15) is 4.68 Å². The molecule has 0 unspecified atom stereocenters. The molecule has 0 bridgehead atoms. The predicted octanol–water partition coefficient (Wildman–Crippen LogP) is 1.71. The highest BCUT2D eigenvalue weighted by atomic mass is 16.4. The molecule has 0 aliphatic carbocycles. The molecule has 6 nitrogen and oxygen atoms in total. The van der Waals surface area contributed by atoms with Crippen molar-refractivity contribution in [2.75, 3.05) is 6.54 Å². The average molecular weight is 281 g/mol. The van der Waals surface area contributed by atoms with E-state index in [2.05, 4.69) is 5.10 Å². The summed E-state index contributed by atoms with van der Waals surface area (Å²) < 4.78 is 6.42. The Morgan fingerprint density at radius 3 is 2.45 bits per heavy atom. The van der Waals surface area contributed by atoms with Crippen molar-refractivity contribution >= 4 is 5.91 Å². The average Bonchev–Trinajstić information content (AvgIpc) is 2.71. The summed E-state index contributed by atoms with van der Waals surface area (Å²) in [6.45, 7) is 10.5. The molecule has 1 aliphatic heterocycles. The molecule has 0 spiro atoms. The molecular weight excluding hydrogens is 258 g/mol. The molecular formula is C14H23N3O3. The predicted molar refractivity (Wildman–Crippen MR) is 74.6 cm³/mol. The fraction of sp³-hybridized carbons (Fsp3) is 0.786. The summed E-state index contributed by atoms with van der Waals surface area (Å²) in [5.41, 5.74) is -0.347. The number of carbonyl (C=O) groups excluding carboxylic acids is 1. The highest BCUT2D eigenvalue weighted by Gasteiger charge is 2.35. The maximum absolute atomic E-state index is 12.5. The molecule has 20 heavy (non-hydrogen) atoms. The van der Waals surface area contributed by atoms with E-state index in [1.54, 1.807) is 4.90 Å². The molecule has 0 N–H and O–H groups in total. The van der Waals surface area contributed by atoms with E-state index in [1.165, 1.54) is 4.68 Å². The molecule has 0 saturated carbocycles. The first kappa shape index (κ1) is 14.8. The van der Waals surface area contributed by atoms with E-state index < -0.39 is 11.8 Å². The van der Waals surface area contributed by atoms with Gasteiger partial charge in [-0.1, -0.05) is 20.8 Å². The zero-order valence-corrected chi connectivity index (χ0v) is 12.8. The minimum Gasteiger partial charge on any atom is -0.392 e. The van der Waals surface area contributed by atoms with E-state index in [9.17, 15) is 9.59 Å². The van der Waals surface area contributed by atoms with Crippen molar-refractivity contribution in [3.63, 3.8) is 0 Å². The van der Waals surface area contributed by atoms with Crippen LogP contribution in [0.1, 0.15) is 59.4 Å². The smallest absolute Gasteiger partial charge is 0.392 e. The minimum absolute atomic E-state index is 0.0397. The number of hydrogen-bond donors (Lipinski definition) is 0. The molecule has 6 heteroatoms. The van der Waals surface area contributed by atoms with Gasteiger partial charge < -0.3 is 9.32 Å². The lowest BCUT2D eigenvalue weighted by atomic mass is 9.97. The Labute approximate surface area is 118 Å². The number of likely N-dealkylation sites (tertiary alicyclic amines) is 1. The Hall–Kier alpha value is -1.59. The molecule has 2 rings (SSSR count). The van der Waals surface area contributed by atoms with Crippen molar-refractivity contribution < 1.29 is 9.21 Å². The third-order valence-corrected chi connectivity index (χ3v) is 3.57. The normalized spacial score (nSPS) is 20.8. The topological polar surface area (TPSA) is 68.3 Å². The summed E-state index contributed by atoms with van der Waals surface area (Å²) in [5.74, 6) is -0.210. The molecule has 1 atom stereocenters. The summed E-state index contributed by atoms with van der Waals surface area (Å²) in [6.07, 6.45) is 1.51. The van der Waals surface area contributed by atoms with Crippen molar-refractivity contribution in [3.05, 3.63) is 16.4 Å². The Balaban J connectivity index is 2.34. The van der Waals surface area contributed by atoms with Crippen molar-refractivity contribution in [2.24, 2.45) is 0 Å². The maximum Gasteiger partial charge on any atom is 0.437 e. The van der Waals surface area contributed by atoms with Gasteiger partial charge in [0, 0.05) is 18.0 Å². The third-order valence-electron chi connectivity index (χ3n) is 3.57. The Kier molecular flexibility index (Phi) is 3.75. The maximum atomic E-state index is 12.5. The number of nitrogens with zero attached hydrogens (tertiary/aromatic N) is 3. The van der Waals surface area contributed by atoms with Crippen LogP contribution in [-0.4, -0.2) is 33.2 Å². The zero-order chi connectivity index (χ0) is 15.1. The fourth-order valence-electron chi connectivity index (χ4n) is 2.41. The first-order valence-corrected chi connectivity index (χ1v) is 7.12. The van der Waals surface area contributed by atoms with Gasteiger partial charge in [-0.25, -0.2) is 4.79 Å². The number of amides is 1. The first-order chi connectivity index (χ1) is 9.21. The Morgan fingerprint density at radius 2 is 1.95 bits per heavy atom. The second kappa shape index (κ2) is 5.07. The quantitative estimate of drug-likeness (QED) is 0.827. The van der Waals surface area contributed by atoms with Gasteiger partial charge in [-0.3, -0.25) is 4.79 Å². The second-order valence-corrected chi connectivity index (χ2v) is 6.65. The summed E-state index contributed by atoms with van der Waals surface area (Å²) in [6, 6.07) is -0.395. The van der Waals surface area contributed by atoms with E-state index in [1.807, 2.05) is 34.6 Å². The van der Waals surface area contributed by atoms with Gasteiger partial charge in [0.25, 0.3) is 0 Å². The second-order valence-electron chi connectivity index (χ2n) is 6.65. The number of rotatable bonds is 2. The van der Waals surface area contributed by atoms with Crippen LogP contribution < -0.4 is 5.76 Å². The van der Waals surface area contributed by atoms with Crippen LogP contribution in [-0.2, 0) is 10.2 Å². The molecule has 1 amide bonds. The van der Waals surface area contributed by atoms with Gasteiger partial charge in [0.2, 0.25) is 11.8 Å². The van der Waals surface area contributed by atoms with Gasteiger partial charge in [0.1, 0.15) is 6.04 Å². The van der Waals surface area contributed by atoms with Gasteiger partial charge in [0.15, 0.2) is 0 Å². The van der Waals surface area contributed by atoms with E-state index in [4.69, 9.17) is 4.42 Å². The van der Waals surface area contributed by atoms with Crippen molar-refractivity contribution in [1.29, 1.82) is 0 Å². The molecule has 1 saturated heterocycles. The van der Waals surface area contributed by atoms with E-state index in [-0.39, 0.29) is 17.4 Å². The highest BCUT2D eigenvalue weighted by molar-refractivity contribution is 5.81. The lowest BCUT2D eigenvalue weighted by Crippen LogP contribution is -2.47. The van der Waals surface area contributed by atoms with Crippen LogP contribution in [0.5, 0.6) is 0 Å². The lowest BCUT2D eigenvalue weighted by Gasteiger charge is -2.34. The van der Waals surface area contributed by atoms with Gasteiger partial charge in [-0.15, -0.1) is 5.10 Å². The Morgan fingerprint density at radius 1 is 1.30 bits per heavy atom. The van der Waals surface area contributed by atoms with Crippen LogP contribution in [0, 0.1) is 0 Å². The van der Waals surface area contributed by atoms with E-state index >= 15 is 0 Å². The highest BCUT2D eigenvalue weighted by Crippen LogP contribution is 2.25. The van der Waals surface area contributed by atoms with Gasteiger partial charge >= 0.3 is 5.76 Å². The molecule has 1 fully saturated rings. The summed E-state index contributed by atoms with van der Waals surface area (Å²) in [4.78, 5) is 26.2. The molecule has 1 aromatic heterocycles. The van der Waals surface area contributed by atoms with E-state index in [0.717, 1.165) is 13.0 Å². The minimum atomic E-state index is -0.543. The van der Waals surface area contributed by atoms with Crippen molar-refractivity contribution in [3.8, 4) is 0 Å². The summed E-state index contributed by atoms with van der Waals surface area (Å²) in [7, 11) is 0. The molecule has 2 heterocycles. The van der Waals surface area contributed by atoms with Gasteiger partial charge in [0.05, 0.1) is 0 Å². The van der Waals surface area contributed by atoms with E-state index in [0.29, 0.717) is 12.3 Å². The molecule has 0 radical (unpaired) electrons. The number of carbonyl (C=O) groups is 1. The van der Waals surface area contributed by atoms with Crippen molar-refractivity contribution in [1.82, 2.24) is 14.7 Å². The lowest BCUT2D eigenvalue weighted by molar-refractivity contribution is -0.139. The number of hydrogen-bond acceptors (Lipinski definition) is 4. The number of aromatic nitrogens is 2. The zero-order valence-electron chi connectivity index (χ0n) is 12.8. The fourth-order valence-corrected chi connectivity index (χ4v) is 2.41. The van der Waals surface area contributed by atoms with Crippen LogP contribution in [0.4, 0.5) is 0 Å². The third kappa shape index (κ3) is 2.64. The van der Waals surface area contributed by atoms with Crippen LogP contribution in [0.3, 0.4) is 0 Å². The monoisotopic (exact) mass is 281 g/mol.